The third-order valence-electron chi connectivity index (χ3n) is 7.51. The van der Waals surface area contributed by atoms with Gasteiger partial charge in [-0.1, -0.05) is 89.9 Å². The number of nitrogens with zero attached hydrogens (tertiary/aromatic N) is 2. The van der Waals surface area contributed by atoms with E-state index in [2.05, 4.69) is 35.2 Å². The Labute approximate surface area is 250 Å². The lowest BCUT2D eigenvalue weighted by molar-refractivity contribution is -0.697. The number of aryl methyl sites for hydroxylation is 3. The van der Waals surface area contributed by atoms with Crippen molar-refractivity contribution in [3.05, 3.63) is 65.4 Å². The van der Waals surface area contributed by atoms with E-state index in [1.165, 1.54) is 128 Å². The molecule has 2 rings (SSSR count). The minimum Gasteiger partial charge on any atom is -1.00 e. The summed E-state index contributed by atoms with van der Waals surface area (Å²) in [5.41, 5.74) is 2.65. The largest absolute Gasteiger partial charge is 1.00 e. The zero-order chi connectivity index (χ0) is 26.2. The molecule has 5 heteroatoms. The Kier molecular flexibility index (Phi) is 22.7. The quantitative estimate of drug-likeness (QED) is 0.0778. The third-order valence-corrected chi connectivity index (χ3v) is 7.51. The minimum atomic E-state index is 0. The van der Waals surface area contributed by atoms with Gasteiger partial charge in [-0.25, -0.2) is 4.57 Å². The molecule has 1 N–H and O–H groups in total. The summed E-state index contributed by atoms with van der Waals surface area (Å²) in [6, 6.07) is 8.41. The fraction of sp³-hybridized carbons (Fsp3) is 0.697. The summed E-state index contributed by atoms with van der Waals surface area (Å²) in [4.78, 5) is 0. The van der Waals surface area contributed by atoms with Crippen molar-refractivity contribution in [3.63, 3.8) is 0 Å². The molecule has 0 saturated carbocycles. The van der Waals surface area contributed by atoms with Crippen LogP contribution in [0.3, 0.4) is 0 Å². The molecule has 2 aromatic heterocycles. The molecule has 0 amide bonds. The molecule has 0 radical (unpaired) electrons. The molecule has 2 heterocycles. The monoisotopic (exact) mass is 638 g/mol. The van der Waals surface area contributed by atoms with E-state index in [9.17, 15) is 5.21 Å². The number of aliphatic hydroxyl groups is 1. The second kappa shape index (κ2) is 24.8. The lowest BCUT2D eigenvalue weighted by Crippen LogP contribution is -3.00. The van der Waals surface area contributed by atoms with Gasteiger partial charge in [0.15, 0.2) is 24.8 Å². The van der Waals surface area contributed by atoms with Crippen LogP contribution in [0.15, 0.2) is 49.1 Å². The normalized spacial score (nSPS) is 11.0. The average Bonchev–Trinajstić information content (AvgIpc) is 2.90. The molecule has 0 bridgehead atoms. The predicted molar refractivity (Wildman–Crippen MR) is 154 cm³/mol. The summed E-state index contributed by atoms with van der Waals surface area (Å²) < 4.78 is 3.30. The number of hydrogen-bond donors (Lipinski definition) is 1. The zero-order valence-corrected chi connectivity index (χ0v) is 26.2. The van der Waals surface area contributed by atoms with Crippen molar-refractivity contribution < 1.29 is 38.4 Å². The Bertz CT molecular complexity index is 802. The van der Waals surface area contributed by atoms with Gasteiger partial charge in [0.05, 0.1) is 0 Å². The number of aromatic nitrogens is 2. The number of unbranched alkanes of at least 4 members (excludes halogenated alkanes) is 17. The molecular weight excluding hydrogens is 583 g/mol. The van der Waals surface area contributed by atoms with E-state index >= 15 is 0 Å². The number of aliphatic hydroxyl groups excluding tert-OH is 1. The Balaban J connectivity index is 0.00000722. The van der Waals surface area contributed by atoms with Crippen LogP contribution >= 0.6 is 0 Å². The summed E-state index contributed by atoms with van der Waals surface area (Å²) in [6.45, 7) is 1.50. The van der Waals surface area contributed by atoms with Crippen LogP contribution in [0.1, 0.15) is 133 Å². The molecule has 0 aliphatic heterocycles. The Morgan fingerprint density at radius 2 is 0.947 bits per heavy atom. The molecule has 0 atom stereocenters. The van der Waals surface area contributed by atoms with Gasteiger partial charge >= 0.3 is 0 Å². The number of halogens is 1. The smallest absolute Gasteiger partial charge is 0.183 e. The molecule has 4 nitrogen and oxygen atoms in total. The summed E-state index contributed by atoms with van der Waals surface area (Å²) in [5.74, 6) is 0. The second-order valence-electron chi connectivity index (χ2n) is 11.0. The van der Waals surface area contributed by atoms with Crippen LogP contribution in [0.2, 0.25) is 0 Å². The van der Waals surface area contributed by atoms with Gasteiger partial charge in [0.25, 0.3) is 0 Å². The SMILES string of the molecule is [I-].[O-][n+]1cccc(CCCCCCCCCCCCC[n+]2cccc(CCCCCCCCCCO)c2)c1. The number of hydrogen-bond acceptors (Lipinski definition) is 2. The predicted octanol–water partition coefficient (Wildman–Crippen LogP) is 4.80. The van der Waals surface area contributed by atoms with Gasteiger partial charge in [-0.2, -0.15) is 4.73 Å². The number of rotatable bonds is 24. The first-order valence-corrected chi connectivity index (χ1v) is 15.5. The van der Waals surface area contributed by atoms with Crippen molar-refractivity contribution >= 4 is 0 Å². The highest BCUT2D eigenvalue weighted by Gasteiger charge is 2.04. The van der Waals surface area contributed by atoms with Gasteiger partial charge in [0, 0.05) is 36.3 Å². The van der Waals surface area contributed by atoms with Crippen molar-refractivity contribution in [1.82, 2.24) is 0 Å². The highest BCUT2D eigenvalue weighted by atomic mass is 127. The Hall–Kier alpha value is -1.21. The first-order chi connectivity index (χ1) is 18.3. The summed E-state index contributed by atoms with van der Waals surface area (Å²) in [7, 11) is 0. The molecular formula is C33H55IN2O2. The van der Waals surface area contributed by atoms with E-state index in [0.717, 1.165) is 29.7 Å². The fourth-order valence-corrected chi connectivity index (χ4v) is 5.23. The Morgan fingerprint density at radius 3 is 1.45 bits per heavy atom. The molecule has 0 aliphatic carbocycles. The van der Waals surface area contributed by atoms with Gasteiger partial charge in [0.1, 0.15) is 6.54 Å². The van der Waals surface area contributed by atoms with Crippen LogP contribution in [-0.2, 0) is 19.4 Å². The Morgan fingerprint density at radius 1 is 0.526 bits per heavy atom. The summed E-state index contributed by atoms with van der Waals surface area (Å²) >= 11 is 0. The van der Waals surface area contributed by atoms with E-state index < -0.39 is 0 Å². The lowest BCUT2D eigenvalue weighted by Gasteiger charge is -2.04. The minimum absolute atomic E-state index is 0. The van der Waals surface area contributed by atoms with E-state index in [1.807, 2.05) is 6.07 Å². The molecule has 216 valence electrons. The first kappa shape index (κ1) is 34.8. The van der Waals surface area contributed by atoms with Gasteiger partial charge in [-0.3, -0.25) is 0 Å². The maximum Gasteiger partial charge on any atom is 0.183 e. The van der Waals surface area contributed by atoms with Crippen LogP contribution in [0.25, 0.3) is 0 Å². The van der Waals surface area contributed by atoms with Gasteiger partial charge in [0.2, 0.25) is 0 Å². The maximum absolute atomic E-state index is 11.3. The first-order valence-electron chi connectivity index (χ1n) is 15.5. The van der Waals surface area contributed by atoms with Gasteiger partial charge < -0.3 is 34.3 Å². The van der Waals surface area contributed by atoms with Crippen LogP contribution in [-0.4, -0.2) is 11.7 Å². The van der Waals surface area contributed by atoms with Crippen LogP contribution in [0, 0.1) is 5.21 Å². The highest BCUT2D eigenvalue weighted by molar-refractivity contribution is 5.05. The molecule has 0 unspecified atom stereocenters. The summed E-state index contributed by atoms with van der Waals surface area (Å²) in [5, 5.41) is 20.1. The molecule has 0 aliphatic rings. The standard InChI is InChI=1S/C33H55N2O2.HI/c36-29-19-15-11-7-5-9-12-16-22-32-24-20-27-34(30-32)26-18-14-10-6-3-1-2-4-8-13-17-23-33-25-21-28-35(37)31-33;/h20-21,24-25,27-28,30-31,36H,1-19,22-23,26,29H2;1H/q+1;/p-1. The van der Waals surface area contributed by atoms with Crippen LogP contribution in [0.4, 0.5) is 0 Å². The van der Waals surface area contributed by atoms with E-state index in [4.69, 9.17) is 5.11 Å². The summed E-state index contributed by atoms with van der Waals surface area (Å²) in [6.07, 6.45) is 34.9. The third kappa shape index (κ3) is 18.9. The van der Waals surface area contributed by atoms with E-state index in [1.54, 1.807) is 12.4 Å². The molecule has 0 fully saturated rings. The topological polar surface area (TPSA) is 51.0 Å². The average molecular weight is 639 g/mol. The lowest BCUT2D eigenvalue weighted by atomic mass is 10.0. The van der Waals surface area contributed by atoms with Crippen molar-refractivity contribution in [2.45, 2.75) is 141 Å². The van der Waals surface area contributed by atoms with E-state index in [-0.39, 0.29) is 24.0 Å². The second-order valence-corrected chi connectivity index (χ2v) is 11.0. The van der Waals surface area contributed by atoms with Crippen molar-refractivity contribution in [2.24, 2.45) is 0 Å². The zero-order valence-electron chi connectivity index (χ0n) is 24.0. The molecule has 0 saturated heterocycles. The maximum atomic E-state index is 11.3. The van der Waals surface area contributed by atoms with Crippen LogP contribution < -0.4 is 33.3 Å². The number of pyridine rings is 2. The molecule has 2 aromatic rings. The van der Waals surface area contributed by atoms with Crippen LogP contribution in [0.5, 0.6) is 0 Å². The fourth-order valence-electron chi connectivity index (χ4n) is 5.23. The van der Waals surface area contributed by atoms with Gasteiger partial charge in [-0.15, -0.1) is 0 Å². The van der Waals surface area contributed by atoms with Gasteiger partial charge in [-0.05, 0) is 50.7 Å². The molecule has 0 spiro atoms. The van der Waals surface area contributed by atoms with Crippen molar-refractivity contribution in [1.29, 1.82) is 0 Å². The highest BCUT2D eigenvalue weighted by Crippen LogP contribution is 2.13. The van der Waals surface area contributed by atoms with Crippen molar-refractivity contribution in [3.8, 4) is 0 Å². The molecule has 0 aromatic carbocycles. The molecule has 38 heavy (non-hydrogen) atoms. The van der Waals surface area contributed by atoms with E-state index in [0.29, 0.717) is 6.61 Å². The van der Waals surface area contributed by atoms with Crippen molar-refractivity contribution in [2.75, 3.05) is 6.61 Å².